The Kier molecular flexibility index (Phi) is 5.65. The predicted octanol–water partition coefficient (Wildman–Crippen LogP) is 3.08. The van der Waals surface area contributed by atoms with Crippen molar-refractivity contribution in [1.29, 1.82) is 0 Å². The second kappa shape index (κ2) is 8.50. The molecule has 0 saturated carbocycles. The minimum atomic E-state index is -0.159. The summed E-state index contributed by atoms with van der Waals surface area (Å²) in [7, 11) is 0. The maximum Gasteiger partial charge on any atom is 0.281 e. The maximum absolute atomic E-state index is 12.9. The topological polar surface area (TPSA) is 47.4 Å². The van der Waals surface area contributed by atoms with Gasteiger partial charge in [-0.05, 0) is 24.6 Å². The van der Waals surface area contributed by atoms with E-state index in [0.29, 0.717) is 5.56 Å². The zero-order valence-corrected chi connectivity index (χ0v) is 16.2. The molecule has 1 aliphatic rings. The summed E-state index contributed by atoms with van der Waals surface area (Å²) in [5.74, 6) is 0.805. The Balaban J connectivity index is 1.78. The molecule has 28 heavy (non-hydrogen) atoms. The first-order valence-electron chi connectivity index (χ1n) is 9.77. The number of ether oxygens (including phenoxy) is 1. The van der Waals surface area contributed by atoms with Gasteiger partial charge in [-0.15, -0.1) is 0 Å². The van der Waals surface area contributed by atoms with Crippen molar-refractivity contribution >= 4 is 0 Å². The first-order valence-corrected chi connectivity index (χ1v) is 9.77. The molecule has 5 heteroatoms. The van der Waals surface area contributed by atoms with Crippen molar-refractivity contribution in [1.82, 2.24) is 14.5 Å². The van der Waals surface area contributed by atoms with E-state index in [1.54, 1.807) is 0 Å². The van der Waals surface area contributed by atoms with Gasteiger partial charge in [0.15, 0.2) is 0 Å². The highest BCUT2D eigenvalue weighted by Crippen LogP contribution is 2.23. The number of nitrogens with zero attached hydrogens (tertiary/aromatic N) is 3. The lowest BCUT2D eigenvalue weighted by Gasteiger charge is -2.27. The van der Waals surface area contributed by atoms with Crippen LogP contribution in [0.1, 0.15) is 11.5 Å². The van der Waals surface area contributed by atoms with Gasteiger partial charge in [-0.3, -0.25) is 9.69 Å². The van der Waals surface area contributed by atoms with E-state index >= 15 is 0 Å². The van der Waals surface area contributed by atoms with Gasteiger partial charge in [-0.25, -0.2) is 0 Å². The van der Waals surface area contributed by atoms with Crippen molar-refractivity contribution in [3.63, 3.8) is 0 Å². The van der Waals surface area contributed by atoms with Gasteiger partial charge in [0, 0.05) is 37.4 Å². The summed E-state index contributed by atoms with van der Waals surface area (Å²) in [6.45, 7) is 6.27. The van der Waals surface area contributed by atoms with Gasteiger partial charge in [0.1, 0.15) is 5.82 Å². The summed E-state index contributed by atoms with van der Waals surface area (Å²) in [6, 6.07) is 19.9. The predicted molar refractivity (Wildman–Crippen MR) is 111 cm³/mol. The van der Waals surface area contributed by atoms with E-state index in [-0.39, 0.29) is 5.56 Å². The van der Waals surface area contributed by atoms with Gasteiger partial charge in [-0.1, -0.05) is 48.5 Å². The van der Waals surface area contributed by atoms with Crippen molar-refractivity contribution in [2.24, 2.45) is 0 Å². The van der Waals surface area contributed by atoms with Crippen molar-refractivity contribution in [3.8, 4) is 16.8 Å². The van der Waals surface area contributed by atoms with E-state index in [2.05, 4.69) is 26.6 Å². The van der Waals surface area contributed by atoms with Crippen LogP contribution in [-0.4, -0.2) is 47.3 Å². The molecule has 0 radical (unpaired) electrons. The molecule has 4 rings (SSSR count). The summed E-state index contributed by atoms with van der Waals surface area (Å²) in [5.41, 5.74) is 3.37. The quantitative estimate of drug-likeness (QED) is 0.688. The standard InChI is InChI=1S/C23H25N3O2/c1-18-22(19-8-4-2-5-9-19)23(27)24-21(12-13-25-14-16-28-17-15-25)26(18)20-10-6-3-7-11-20/h2-11H,12-17H2,1H3. The van der Waals surface area contributed by atoms with Crippen molar-refractivity contribution in [3.05, 3.63) is 82.5 Å². The Morgan fingerprint density at radius 3 is 2.29 bits per heavy atom. The van der Waals surface area contributed by atoms with Crippen LogP contribution in [0.2, 0.25) is 0 Å². The lowest BCUT2D eigenvalue weighted by atomic mass is 10.0. The minimum absolute atomic E-state index is 0.159. The summed E-state index contributed by atoms with van der Waals surface area (Å²) >= 11 is 0. The molecule has 1 aliphatic heterocycles. The summed E-state index contributed by atoms with van der Waals surface area (Å²) in [5, 5.41) is 0. The van der Waals surface area contributed by atoms with Crippen LogP contribution >= 0.6 is 0 Å². The van der Waals surface area contributed by atoms with Crippen LogP contribution in [0.25, 0.3) is 16.8 Å². The van der Waals surface area contributed by atoms with Crippen LogP contribution in [0.3, 0.4) is 0 Å². The van der Waals surface area contributed by atoms with Crippen molar-refractivity contribution in [2.75, 3.05) is 32.8 Å². The van der Waals surface area contributed by atoms with Gasteiger partial charge >= 0.3 is 0 Å². The monoisotopic (exact) mass is 375 g/mol. The number of morpholine rings is 1. The van der Waals surface area contributed by atoms with Crippen LogP contribution in [0.5, 0.6) is 0 Å². The molecule has 2 heterocycles. The Morgan fingerprint density at radius 2 is 1.61 bits per heavy atom. The van der Waals surface area contributed by atoms with Crippen LogP contribution in [0.15, 0.2) is 65.5 Å². The fraction of sp³-hybridized carbons (Fsp3) is 0.304. The zero-order chi connectivity index (χ0) is 19.3. The van der Waals surface area contributed by atoms with Gasteiger partial charge in [0.05, 0.1) is 18.8 Å². The summed E-state index contributed by atoms with van der Waals surface area (Å²) < 4.78 is 7.56. The number of rotatable bonds is 5. The molecule has 1 fully saturated rings. The third-order valence-corrected chi connectivity index (χ3v) is 5.23. The molecular formula is C23H25N3O2. The van der Waals surface area contributed by atoms with E-state index in [0.717, 1.165) is 62.0 Å². The van der Waals surface area contributed by atoms with Gasteiger partial charge in [0.2, 0.25) is 0 Å². The molecule has 3 aromatic rings. The van der Waals surface area contributed by atoms with Gasteiger partial charge in [-0.2, -0.15) is 4.98 Å². The Morgan fingerprint density at radius 1 is 0.964 bits per heavy atom. The van der Waals surface area contributed by atoms with Crippen LogP contribution < -0.4 is 5.56 Å². The SMILES string of the molecule is Cc1c(-c2ccccc2)c(=O)nc(CCN2CCOCC2)n1-c1ccccc1. The highest BCUT2D eigenvalue weighted by atomic mass is 16.5. The van der Waals surface area contributed by atoms with E-state index < -0.39 is 0 Å². The highest BCUT2D eigenvalue weighted by molar-refractivity contribution is 5.65. The van der Waals surface area contributed by atoms with Crippen LogP contribution in [-0.2, 0) is 11.2 Å². The lowest BCUT2D eigenvalue weighted by molar-refractivity contribution is 0.0381. The number of para-hydroxylation sites is 1. The molecular weight excluding hydrogens is 350 g/mol. The fourth-order valence-corrected chi connectivity index (χ4v) is 3.79. The van der Waals surface area contributed by atoms with Crippen molar-refractivity contribution < 1.29 is 4.74 Å². The van der Waals surface area contributed by atoms with E-state index in [1.807, 2.05) is 55.5 Å². The molecule has 0 spiro atoms. The van der Waals surface area contributed by atoms with E-state index in [4.69, 9.17) is 4.74 Å². The van der Waals surface area contributed by atoms with Crippen LogP contribution in [0, 0.1) is 6.92 Å². The molecule has 0 aliphatic carbocycles. The molecule has 0 unspecified atom stereocenters. The maximum atomic E-state index is 12.9. The first kappa shape index (κ1) is 18.6. The van der Waals surface area contributed by atoms with Gasteiger partial charge < -0.3 is 9.30 Å². The Labute approximate surface area is 165 Å². The van der Waals surface area contributed by atoms with E-state index in [1.165, 1.54) is 0 Å². The molecule has 0 amide bonds. The Bertz CT molecular complexity index is 978. The molecule has 0 bridgehead atoms. The van der Waals surface area contributed by atoms with Crippen LogP contribution in [0.4, 0.5) is 0 Å². The molecule has 1 aromatic heterocycles. The highest BCUT2D eigenvalue weighted by Gasteiger charge is 2.18. The summed E-state index contributed by atoms with van der Waals surface area (Å²) in [4.78, 5) is 19.8. The number of aromatic nitrogens is 2. The third kappa shape index (κ3) is 3.91. The Hall–Kier alpha value is -2.76. The van der Waals surface area contributed by atoms with E-state index in [9.17, 15) is 4.79 Å². The molecule has 1 saturated heterocycles. The number of hydrogen-bond donors (Lipinski definition) is 0. The number of benzene rings is 2. The molecule has 5 nitrogen and oxygen atoms in total. The van der Waals surface area contributed by atoms with Crippen molar-refractivity contribution in [2.45, 2.75) is 13.3 Å². The zero-order valence-electron chi connectivity index (χ0n) is 16.2. The molecule has 144 valence electrons. The minimum Gasteiger partial charge on any atom is -0.379 e. The molecule has 0 N–H and O–H groups in total. The lowest BCUT2D eigenvalue weighted by Crippen LogP contribution is -2.38. The smallest absolute Gasteiger partial charge is 0.281 e. The average molecular weight is 375 g/mol. The second-order valence-corrected chi connectivity index (χ2v) is 7.03. The summed E-state index contributed by atoms with van der Waals surface area (Å²) in [6.07, 6.45) is 0.722. The normalized spacial score (nSPS) is 14.9. The van der Waals surface area contributed by atoms with Gasteiger partial charge in [0.25, 0.3) is 5.56 Å². The average Bonchev–Trinajstić information content (AvgIpc) is 2.74. The second-order valence-electron chi connectivity index (χ2n) is 7.03. The number of hydrogen-bond acceptors (Lipinski definition) is 4. The molecule has 0 atom stereocenters. The largest absolute Gasteiger partial charge is 0.379 e. The molecule has 2 aromatic carbocycles. The first-order chi connectivity index (χ1) is 13.7. The third-order valence-electron chi connectivity index (χ3n) is 5.23. The fourth-order valence-electron chi connectivity index (χ4n) is 3.79.